The molecule has 232 valence electrons. The second-order valence-corrected chi connectivity index (χ2v) is 11.1. The number of esters is 1. The second kappa shape index (κ2) is 17.6. The second-order valence-electron chi connectivity index (χ2n) is 11.1. The first kappa shape index (κ1) is 32.5. The largest absolute Gasteiger partial charge is 0.489 e. The van der Waals surface area contributed by atoms with Crippen LogP contribution in [-0.4, -0.2) is 48.2 Å². The number of hydrogen-bond donors (Lipinski definition) is 3. The minimum atomic E-state index is -0.616. The van der Waals surface area contributed by atoms with Gasteiger partial charge in [0.2, 0.25) is 11.8 Å². The van der Waals surface area contributed by atoms with Crippen LogP contribution in [0.15, 0.2) is 97.1 Å². The van der Waals surface area contributed by atoms with E-state index in [0.29, 0.717) is 45.1 Å². The zero-order valence-corrected chi connectivity index (χ0v) is 25.0. The van der Waals surface area contributed by atoms with Gasteiger partial charge in [-0.25, -0.2) is 0 Å². The summed E-state index contributed by atoms with van der Waals surface area (Å²) in [6.45, 7) is 0.289. The minimum Gasteiger partial charge on any atom is -0.489 e. The quantitative estimate of drug-likeness (QED) is 0.218. The van der Waals surface area contributed by atoms with Gasteiger partial charge in [0.05, 0.1) is 24.6 Å². The maximum absolute atomic E-state index is 13.5. The van der Waals surface area contributed by atoms with E-state index in [1.807, 2.05) is 97.1 Å². The van der Waals surface area contributed by atoms with Gasteiger partial charge in [0, 0.05) is 12.8 Å². The van der Waals surface area contributed by atoms with Crippen molar-refractivity contribution < 1.29 is 29.0 Å². The number of ether oxygens (including phenoxy) is 2. The maximum Gasteiger partial charge on any atom is 0.305 e. The lowest BCUT2D eigenvalue weighted by molar-refractivity contribution is -0.145. The van der Waals surface area contributed by atoms with Crippen LogP contribution in [0.5, 0.6) is 5.75 Å². The summed E-state index contributed by atoms with van der Waals surface area (Å²) in [4.78, 5) is 38.9. The van der Waals surface area contributed by atoms with Gasteiger partial charge < -0.3 is 25.2 Å². The van der Waals surface area contributed by atoms with Gasteiger partial charge in [-0.3, -0.25) is 14.4 Å². The number of hydrogen-bond acceptors (Lipinski definition) is 6. The Morgan fingerprint density at radius 3 is 2.34 bits per heavy atom. The highest BCUT2D eigenvalue weighted by Crippen LogP contribution is 2.18. The van der Waals surface area contributed by atoms with Crippen LogP contribution in [0.2, 0.25) is 0 Å². The lowest BCUT2D eigenvalue weighted by Crippen LogP contribution is -2.45. The molecule has 3 aromatic carbocycles. The minimum absolute atomic E-state index is 0.0264. The summed E-state index contributed by atoms with van der Waals surface area (Å²) in [6.07, 6.45) is 6.76. The Morgan fingerprint density at radius 1 is 0.932 bits per heavy atom. The van der Waals surface area contributed by atoms with Gasteiger partial charge >= 0.3 is 5.97 Å². The molecule has 0 bridgehead atoms. The van der Waals surface area contributed by atoms with E-state index in [1.165, 1.54) is 0 Å². The van der Waals surface area contributed by atoms with Crippen LogP contribution in [0, 0.1) is 5.92 Å². The van der Waals surface area contributed by atoms with Crippen LogP contribution in [0.1, 0.15) is 48.8 Å². The summed E-state index contributed by atoms with van der Waals surface area (Å²) in [5.41, 5.74) is 3.03. The fourth-order valence-corrected chi connectivity index (χ4v) is 5.08. The molecule has 1 aliphatic rings. The molecule has 0 radical (unpaired) electrons. The third-order valence-corrected chi connectivity index (χ3v) is 7.50. The Balaban J connectivity index is 1.39. The SMILES string of the molecule is O=C(C[C@H]1CC=CCCCC(=O)OC[C@H](Cc2ccc(OCc3ccccc3)cc2)NC1=O)N[C@H](CO)Cc1ccccc1. The van der Waals surface area contributed by atoms with Gasteiger partial charge in [-0.1, -0.05) is 84.9 Å². The molecule has 4 rings (SSSR count). The molecule has 0 aromatic heterocycles. The van der Waals surface area contributed by atoms with Crippen LogP contribution >= 0.6 is 0 Å². The molecular weight excluding hydrogens is 556 g/mol. The molecule has 2 amide bonds. The Labute approximate surface area is 259 Å². The molecule has 44 heavy (non-hydrogen) atoms. The third-order valence-electron chi connectivity index (χ3n) is 7.50. The molecular formula is C36H42N2O6. The number of benzene rings is 3. The van der Waals surface area contributed by atoms with Crippen molar-refractivity contribution in [2.45, 2.75) is 63.6 Å². The lowest BCUT2D eigenvalue weighted by atomic mass is 9.97. The molecule has 0 unspecified atom stereocenters. The van der Waals surface area contributed by atoms with Gasteiger partial charge in [0.25, 0.3) is 0 Å². The first-order valence-electron chi connectivity index (χ1n) is 15.3. The molecule has 3 atom stereocenters. The predicted octanol–water partition coefficient (Wildman–Crippen LogP) is 4.69. The number of rotatable bonds is 11. The summed E-state index contributed by atoms with van der Waals surface area (Å²) >= 11 is 0. The summed E-state index contributed by atoms with van der Waals surface area (Å²) in [7, 11) is 0. The van der Waals surface area contributed by atoms with Gasteiger partial charge in [-0.05, 0) is 60.9 Å². The van der Waals surface area contributed by atoms with Crippen molar-refractivity contribution in [2.24, 2.45) is 5.92 Å². The van der Waals surface area contributed by atoms with Crippen LogP contribution < -0.4 is 15.4 Å². The molecule has 1 aliphatic heterocycles. The van der Waals surface area contributed by atoms with E-state index >= 15 is 0 Å². The fraction of sp³-hybridized carbons (Fsp3) is 0.361. The van der Waals surface area contributed by atoms with Gasteiger partial charge in [-0.15, -0.1) is 0 Å². The van der Waals surface area contributed by atoms with Crippen LogP contribution in [0.3, 0.4) is 0 Å². The summed E-state index contributed by atoms with van der Waals surface area (Å²) in [5, 5.41) is 15.8. The zero-order chi connectivity index (χ0) is 31.0. The normalized spacial score (nSPS) is 18.5. The predicted molar refractivity (Wildman–Crippen MR) is 169 cm³/mol. The van der Waals surface area contributed by atoms with E-state index < -0.39 is 18.0 Å². The standard InChI is InChI=1S/C36H42N2O6/c39-24-31(21-27-11-5-3-6-12-27)37-34(40)23-30-15-9-1-2-10-16-35(41)44-26-32(38-36(30)42)22-28-17-19-33(20-18-28)43-25-29-13-7-4-8-14-29/h1,3-9,11-14,17-20,30-32,39H,2,10,15-16,21-26H2,(H,37,40)(H,38,42)/t30-,31+,32+/m1/s1. The Bertz CT molecular complexity index is 1340. The first-order valence-corrected chi connectivity index (χ1v) is 15.3. The van der Waals surface area contributed by atoms with Crippen molar-refractivity contribution in [1.82, 2.24) is 10.6 Å². The number of carbonyl (C=O) groups is 3. The van der Waals surface area contributed by atoms with E-state index in [4.69, 9.17) is 9.47 Å². The summed E-state index contributed by atoms with van der Waals surface area (Å²) in [6, 6.07) is 26.3. The Morgan fingerprint density at radius 2 is 1.64 bits per heavy atom. The van der Waals surface area contributed by atoms with Crippen LogP contribution in [-0.2, 0) is 38.6 Å². The monoisotopic (exact) mass is 598 g/mol. The molecule has 8 nitrogen and oxygen atoms in total. The molecule has 3 aromatic rings. The van der Waals surface area contributed by atoms with Gasteiger partial charge in [-0.2, -0.15) is 0 Å². The highest BCUT2D eigenvalue weighted by molar-refractivity contribution is 5.86. The number of aliphatic hydroxyl groups is 1. The number of cyclic esters (lactones) is 1. The lowest BCUT2D eigenvalue weighted by Gasteiger charge is -2.23. The topological polar surface area (TPSA) is 114 Å². The van der Waals surface area contributed by atoms with E-state index in [-0.39, 0.29) is 37.4 Å². The number of carbonyl (C=O) groups excluding carboxylic acids is 3. The smallest absolute Gasteiger partial charge is 0.305 e. The number of allylic oxidation sites excluding steroid dienone is 2. The van der Waals surface area contributed by atoms with Gasteiger partial charge in [0.15, 0.2) is 0 Å². The number of nitrogens with one attached hydrogen (secondary N) is 2. The van der Waals surface area contributed by atoms with Crippen LogP contribution in [0.25, 0.3) is 0 Å². The van der Waals surface area contributed by atoms with Crippen molar-refractivity contribution in [1.29, 1.82) is 0 Å². The van der Waals surface area contributed by atoms with E-state index in [1.54, 1.807) is 0 Å². The van der Waals surface area contributed by atoms with Crippen molar-refractivity contribution in [3.8, 4) is 5.75 Å². The molecule has 3 N–H and O–H groups in total. The Kier molecular flexibility index (Phi) is 13.0. The molecule has 0 spiro atoms. The highest BCUT2D eigenvalue weighted by atomic mass is 16.5. The third kappa shape index (κ3) is 11.3. The van der Waals surface area contributed by atoms with Crippen molar-refractivity contribution in [3.63, 3.8) is 0 Å². The highest BCUT2D eigenvalue weighted by Gasteiger charge is 2.26. The van der Waals surface area contributed by atoms with Crippen molar-refractivity contribution in [3.05, 3.63) is 114 Å². The van der Waals surface area contributed by atoms with Crippen molar-refractivity contribution in [2.75, 3.05) is 13.2 Å². The van der Waals surface area contributed by atoms with Crippen molar-refractivity contribution >= 4 is 17.8 Å². The maximum atomic E-state index is 13.5. The number of amides is 2. The Hall–Kier alpha value is -4.43. The molecule has 0 fully saturated rings. The molecule has 8 heteroatoms. The van der Waals surface area contributed by atoms with Crippen LogP contribution in [0.4, 0.5) is 0 Å². The first-order chi connectivity index (χ1) is 21.5. The fourth-order valence-electron chi connectivity index (χ4n) is 5.08. The molecule has 0 aliphatic carbocycles. The molecule has 0 saturated carbocycles. The van der Waals surface area contributed by atoms with E-state index in [2.05, 4.69) is 10.6 Å². The van der Waals surface area contributed by atoms with E-state index in [9.17, 15) is 19.5 Å². The zero-order valence-electron chi connectivity index (χ0n) is 25.0. The number of aliphatic hydroxyl groups excluding tert-OH is 1. The molecule has 1 heterocycles. The summed E-state index contributed by atoms with van der Waals surface area (Å²) in [5.74, 6) is -0.765. The summed E-state index contributed by atoms with van der Waals surface area (Å²) < 4.78 is 11.4. The van der Waals surface area contributed by atoms with E-state index in [0.717, 1.165) is 22.4 Å². The van der Waals surface area contributed by atoms with Gasteiger partial charge in [0.1, 0.15) is 19.0 Å². The average Bonchev–Trinajstić information content (AvgIpc) is 3.05. The molecule has 0 saturated heterocycles. The average molecular weight is 599 g/mol.